The Morgan fingerprint density at radius 1 is 0.900 bits per heavy atom. The average Bonchev–Trinajstić information content (AvgIpc) is 3.76. The van der Waals surface area contributed by atoms with Crippen LogP contribution in [0.5, 0.6) is 5.75 Å². The van der Waals surface area contributed by atoms with Crippen LogP contribution in [-0.4, -0.2) is 72.0 Å². The Morgan fingerprint density at radius 3 is 2.34 bits per heavy atom. The summed E-state index contributed by atoms with van der Waals surface area (Å²) in [6.07, 6.45) is 13.9. The minimum Gasteiger partial charge on any atom is -0.493 e. The highest BCUT2D eigenvalue weighted by molar-refractivity contribution is 8.30. The molecule has 5 heterocycles. The molecule has 3 aromatic carbocycles. The summed E-state index contributed by atoms with van der Waals surface area (Å²) < 4.78 is 10.8. The van der Waals surface area contributed by atoms with Crippen LogP contribution < -0.4 is 40.6 Å². The summed E-state index contributed by atoms with van der Waals surface area (Å²) in [6.45, 7) is 13.4. The van der Waals surface area contributed by atoms with Crippen LogP contribution >= 0.6 is 46.7 Å². The molecule has 8 aliphatic rings. The standard InChI is InChI=1S/C62H64N6O8S4/c1-32(57(74)75)44-26-62(44,6)30-76-36-18-14-33(15-19-36)22-41-38-11-8-7-10-37(38)39-20-17-35(25-42(39)41)67-45-13-9-12-40(45)43-23-34(16-21-46(43)67)24-47-52(71)65(28-49(69)70)55(78-47)50-53(72)66(29-61(4,5)48-27-60(48,2)3)56(79-50)51-54(73)68(59(77)80-51)58-63-31-64-58/h7-8,10-11,14-22,24-25,32,34,40,44-45,48,58,63-64H,9,12-13,23,26-31H2,1-6H3,(H,69,70)(H,74,75)/b41-22+,47-24-,55-50+,56-51+. The fraction of sp³-hybridized carbons (Fsp3) is 0.419. The second-order valence-electron chi connectivity index (χ2n) is 24.8. The number of ether oxygens (including phenoxy) is 1. The number of aromatic nitrogens is 2. The van der Waals surface area contributed by atoms with E-state index in [1.807, 2.05) is 18.2 Å². The molecule has 13 rings (SSSR count). The number of carbonyl (C=O) groups excluding carboxylic acids is 1. The van der Waals surface area contributed by atoms with Gasteiger partial charge in [-0.1, -0.05) is 127 Å². The summed E-state index contributed by atoms with van der Waals surface area (Å²) in [5, 5.41) is 26.1. The number of fused-ring (bicyclic) bond motifs is 5. The molecule has 80 heavy (non-hydrogen) atoms. The van der Waals surface area contributed by atoms with Crippen LogP contribution in [0.2, 0.25) is 0 Å². The number of thiocarbonyl (C=S) groups is 1. The number of aliphatic carboxylic acids is 2. The predicted octanol–water partition coefficient (Wildman–Crippen LogP) is 8.97. The topological polar surface area (TPSA) is 175 Å². The van der Waals surface area contributed by atoms with Crippen molar-refractivity contribution in [3.63, 3.8) is 0 Å². The number of hydrogen-bond acceptors (Lipinski definition) is 13. The number of thiazole rings is 2. The molecule has 3 saturated carbocycles. The molecule has 2 saturated heterocycles. The molecule has 7 atom stereocenters. The van der Waals surface area contributed by atoms with Gasteiger partial charge >= 0.3 is 11.9 Å². The smallest absolute Gasteiger partial charge is 0.323 e. The third kappa shape index (κ3) is 9.03. The maximum Gasteiger partial charge on any atom is 0.323 e. The maximum atomic E-state index is 15.0. The summed E-state index contributed by atoms with van der Waals surface area (Å²) in [6, 6.07) is 23.9. The number of carboxylic acids is 2. The van der Waals surface area contributed by atoms with Gasteiger partial charge in [-0.25, -0.2) is 0 Å². The molecule has 0 spiro atoms. The number of nitrogens with one attached hydrogen (secondary N) is 2. The summed E-state index contributed by atoms with van der Waals surface area (Å²) >= 11 is 9.16. The molecule has 414 valence electrons. The molecule has 5 fully saturated rings. The molecule has 0 radical (unpaired) electrons. The number of amides is 1. The molecule has 4 N–H and O–H groups in total. The summed E-state index contributed by atoms with van der Waals surface area (Å²) in [4.78, 5) is 72.3. The third-order valence-corrected chi connectivity index (χ3v) is 22.6. The molecule has 0 bridgehead atoms. The quantitative estimate of drug-likeness (QED) is 0.0762. The van der Waals surface area contributed by atoms with Gasteiger partial charge < -0.3 is 19.8 Å². The van der Waals surface area contributed by atoms with E-state index in [1.54, 1.807) is 11.5 Å². The molecule has 1 amide bonds. The molecule has 5 aliphatic carbocycles. The van der Waals surface area contributed by atoms with Crippen molar-refractivity contribution in [1.82, 2.24) is 24.7 Å². The van der Waals surface area contributed by atoms with E-state index < -0.39 is 36.3 Å². The predicted molar refractivity (Wildman–Crippen MR) is 319 cm³/mol. The number of benzene rings is 3. The highest BCUT2D eigenvalue weighted by Gasteiger charge is 2.56. The van der Waals surface area contributed by atoms with Crippen molar-refractivity contribution in [3.05, 3.63) is 146 Å². The molecule has 14 nitrogen and oxygen atoms in total. The lowest BCUT2D eigenvalue weighted by Crippen LogP contribution is -2.68. The molecule has 18 heteroatoms. The van der Waals surface area contributed by atoms with Crippen molar-refractivity contribution < 1.29 is 29.3 Å². The van der Waals surface area contributed by atoms with E-state index in [0.29, 0.717) is 56.5 Å². The lowest BCUT2D eigenvalue weighted by atomic mass is 9.83. The number of carbonyl (C=O) groups is 3. The first-order valence-electron chi connectivity index (χ1n) is 27.8. The Bertz CT molecular complexity index is 3970. The highest BCUT2D eigenvalue weighted by atomic mass is 32.2. The van der Waals surface area contributed by atoms with Crippen molar-refractivity contribution in [2.45, 2.75) is 105 Å². The van der Waals surface area contributed by atoms with Gasteiger partial charge in [0, 0.05) is 41.2 Å². The highest BCUT2D eigenvalue weighted by Crippen LogP contribution is 2.61. The first kappa shape index (κ1) is 53.2. The Labute approximate surface area is 480 Å². The normalized spacial score (nSPS) is 27.6. The number of anilines is 1. The fourth-order valence-electron chi connectivity index (χ4n) is 14.1. The van der Waals surface area contributed by atoms with Crippen molar-refractivity contribution >= 4 is 97.1 Å². The second-order valence-corrected chi connectivity index (χ2v) is 28.5. The van der Waals surface area contributed by atoms with Crippen LogP contribution in [0.1, 0.15) is 96.8 Å². The van der Waals surface area contributed by atoms with Crippen LogP contribution in [0, 0.1) is 55.0 Å². The van der Waals surface area contributed by atoms with E-state index in [-0.39, 0.29) is 54.8 Å². The van der Waals surface area contributed by atoms with E-state index in [9.17, 15) is 29.4 Å². The first-order chi connectivity index (χ1) is 38.2. The molecular formula is C62H64N6O8S4. The van der Waals surface area contributed by atoms with Gasteiger partial charge in [-0.3, -0.25) is 48.6 Å². The first-order valence-corrected chi connectivity index (χ1v) is 30.6. The molecule has 2 aromatic heterocycles. The van der Waals surface area contributed by atoms with Gasteiger partial charge in [-0.2, -0.15) is 0 Å². The SMILES string of the molecule is CC(C(=O)O)C1CC1(C)COc1ccc(/C=C2\c3ccccc3-c3ccc(N4C5=C(CC(/C=c6\s/c(=c7/s/c(=C8/SC(=S)N(C9NCN9)C8=O)n(CC(C)(C)C8CC8(C)C)c7=O)n(CC(=O)O)c6=O)C=C5)C5CCCC54)cc32)cc1. The number of allylic oxidation sites excluding steroid dienone is 2. The minimum absolute atomic E-state index is 0.106. The molecular weight excluding hydrogens is 1080 g/mol. The van der Waals surface area contributed by atoms with Gasteiger partial charge in [0.25, 0.3) is 17.0 Å². The van der Waals surface area contributed by atoms with Crippen molar-refractivity contribution in [2.24, 2.45) is 45.8 Å². The van der Waals surface area contributed by atoms with Gasteiger partial charge in [0.05, 0.1) is 23.7 Å². The van der Waals surface area contributed by atoms with E-state index in [0.717, 1.165) is 89.1 Å². The third-order valence-electron chi connectivity index (χ3n) is 18.6. The van der Waals surface area contributed by atoms with Crippen LogP contribution in [0.15, 0.2) is 99.7 Å². The van der Waals surface area contributed by atoms with Gasteiger partial charge in [-0.15, -0.1) is 22.7 Å². The summed E-state index contributed by atoms with van der Waals surface area (Å²) in [5.74, 6) is -1.26. The number of rotatable bonds is 14. The number of carboxylic acid groups (broad SMARTS) is 2. The largest absolute Gasteiger partial charge is 0.493 e. The number of nitrogens with zero attached hydrogens (tertiary/aromatic N) is 4. The fourth-order valence-corrected chi connectivity index (χ4v) is 18.0. The van der Waals surface area contributed by atoms with Crippen LogP contribution in [-0.2, 0) is 27.5 Å². The van der Waals surface area contributed by atoms with Gasteiger partial charge in [-0.05, 0) is 130 Å². The zero-order chi connectivity index (χ0) is 55.9. The van der Waals surface area contributed by atoms with E-state index in [2.05, 4.69) is 123 Å². The zero-order valence-electron chi connectivity index (χ0n) is 45.5. The number of thioether (sulfide) groups is 1. The Kier molecular flexibility index (Phi) is 13.0. The van der Waals surface area contributed by atoms with Gasteiger partial charge in [0.1, 0.15) is 37.3 Å². The van der Waals surface area contributed by atoms with E-state index >= 15 is 4.79 Å². The summed E-state index contributed by atoms with van der Waals surface area (Å²) in [7, 11) is 0. The van der Waals surface area contributed by atoms with Crippen molar-refractivity contribution in [2.75, 3.05) is 18.2 Å². The minimum atomic E-state index is -1.20. The zero-order valence-corrected chi connectivity index (χ0v) is 48.8. The van der Waals surface area contributed by atoms with Crippen molar-refractivity contribution in [3.8, 4) is 16.9 Å². The van der Waals surface area contributed by atoms with Crippen LogP contribution in [0.3, 0.4) is 0 Å². The Balaban J connectivity index is 0.830. The molecule has 7 unspecified atom stereocenters. The van der Waals surface area contributed by atoms with Gasteiger partial charge in [0.2, 0.25) is 0 Å². The summed E-state index contributed by atoms with van der Waals surface area (Å²) in [5.41, 5.74) is 9.46. The Hall–Kier alpha value is -6.15. The van der Waals surface area contributed by atoms with Crippen LogP contribution in [0.25, 0.3) is 33.8 Å². The van der Waals surface area contributed by atoms with Crippen molar-refractivity contribution in [1.29, 1.82) is 0 Å². The lowest BCUT2D eigenvalue weighted by Gasteiger charge is -2.35. The monoisotopic (exact) mass is 1150 g/mol. The Morgan fingerprint density at radius 2 is 1.64 bits per heavy atom. The molecule has 5 aromatic rings. The maximum absolute atomic E-state index is 15.0. The van der Waals surface area contributed by atoms with Crippen LogP contribution in [0.4, 0.5) is 5.69 Å². The van der Waals surface area contributed by atoms with E-state index in [4.69, 9.17) is 17.0 Å². The second kappa shape index (κ2) is 19.5. The van der Waals surface area contributed by atoms with E-state index in [1.165, 1.54) is 43.0 Å². The lowest BCUT2D eigenvalue weighted by molar-refractivity contribution is -0.142. The number of hydrogen-bond donors (Lipinski definition) is 4. The molecule has 3 aliphatic heterocycles. The average molecular weight is 1150 g/mol. The van der Waals surface area contributed by atoms with Gasteiger partial charge in [0.15, 0.2) is 4.32 Å².